The van der Waals surface area contributed by atoms with Crippen molar-refractivity contribution in [3.63, 3.8) is 0 Å². The van der Waals surface area contributed by atoms with Crippen molar-refractivity contribution >= 4 is 5.78 Å². The SMILES string of the molecule is O=C(C1=CNCCC1)c1ccc(C(F)(F)F)cc1. The van der Waals surface area contributed by atoms with Gasteiger partial charge in [-0.15, -0.1) is 0 Å². The Bertz CT molecular complexity index is 474. The summed E-state index contributed by atoms with van der Waals surface area (Å²) in [5.41, 5.74) is 0.161. The van der Waals surface area contributed by atoms with Crippen molar-refractivity contribution < 1.29 is 18.0 Å². The van der Waals surface area contributed by atoms with Crippen LogP contribution < -0.4 is 5.32 Å². The van der Waals surface area contributed by atoms with Gasteiger partial charge in [-0.1, -0.05) is 12.1 Å². The van der Waals surface area contributed by atoms with E-state index < -0.39 is 11.7 Å². The Balaban J connectivity index is 2.19. The van der Waals surface area contributed by atoms with E-state index in [-0.39, 0.29) is 11.3 Å². The molecule has 1 heterocycles. The van der Waals surface area contributed by atoms with Crippen LogP contribution in [0.2, 0.25) is 0 Å². The van der Waals surface area contributed by atoms with Gasteiger partial charge >= 0.3 is 6.18 Å². The lowest BCUT2D eigenvalue weighted by Crippen LogP contribution is -2.18. The molecule has 0 atom stereocenters. The normalized spacial score (nSPS) is 15.8. The van der Waals surface area contributed by atoms with E-state index in [1.165, 1.54) is 12.1 Å². The molecule has 0 radical (unpaired) electrons. The molecule has 1 aromatic rings. The Morgan fingerprint density at radius 2 is 1.83 bits per heavy atom. The Kier molecular flexibility index (Phi) is 3.41. The number of carbonyl (C=O) groups excluding carboxylic acids is 1. The number of hydrogen-bond acceptors (Lipinski definition) is 2. The standard InChI is InChI=1S/C13H12F3NO/c14-13(15,16)11-5-3-9(4-6-11)12(18)10-2-1-7-17-8-10/h3-6,8,17H,1-2,7H2. The van der Waals surface area contributed by atoms with Crippen molar-refractivity contribution in [3.8, 4) is 0 Å². The smallest absolute Gasteiger partial charge is 0.391 e. The first-order chi connectivity index (χ1) is 8.48. The highest BCUT2D eigenvalue weighted by Crippen LogP contribution is 2.29. The second kappa shape index (κ2) is 4.84. The third-order valence-electron chi connectivity index (χ3n) is 2.81. The predicted molar refractivity (Wildman–Crippen MR) is 61.1 cm³/mol. The summed E-state index contributed by atoms with van der Waals surface area (Å²) in [6.07, 6.45) is -1.21. The minimum atomic E-state index is -4.37. The fourth-order valence-corrected chi connectivity index (χ4v) is 1.82. The first-order valence-electron chi connectivity index (χ1n) is 5.63. The molecule has 18 heavy (non-hydrogen) atoms. The summed E-state index contributed by atoms with van der Waals surface area (Å²) in [5.74, 6) is -0.212. The molecular weight excluding hydrogens is 243 g/mol. The summed E-state index contributed by atoms with van der Waals surface area (Å²) in [6, 6.07) is 4.31. The number of nitrogens with one attached hydrogen (secondary N) is 1. The number of halogens is 3. The molecular formula is C13H12F3NO. The molecule has 5 heteroatoms. The maximum Gasteiger partial charge on any atom is 0.416 e. The lowest BCUT2D eigenvalue weighted by Gasteiger charge is -2.13. The highest BCUT2D eigenvalue weighted by atomic mass is 19.4. The summed E-state index contributed by atoms with van der Waals surface area (Å²) in [6.45, 7) is 0.823. The van der Waals surface area contributed by atoms with Gasteiger partial charge in [-0.05, 0) is 25.0 Å². The first kappa shape index (κ1) is 12.7. The van der Waals surface area contributed by atoms with E-state index in [4.69, 9.17) is 0 Å². The molecule has 0 aromatic heterocycles. The Morgan fingerprint density at radius 3 is 2.33 bits per heavy atom. The van der Waals surface area contributed by atoms with Gasteiger partial charge in [0, 0.05) is 23.9 Å². The zero-order valence-electron chi connectivity index (χ0n) is 9.55. The van der Waals surface area contributed by atoms with E-state index in [0.29, 0.717) is 12.0 Å². The van der Waals surface area contributed by atoms with Crippen molar-refractivity contribution in [2.75, 3.05) is 6.54 Å². The van der Waals surface area contributed by atoms with E-state index in [1.807, 2.05) is 0 Å². The largest absolute Gasteiger partial charge is 0.416 e. The molecule has 0 amide bonds. The number of hydrogen-bond donors (Lipinski definition) is 1. The van der Waals surface area contributed by atoms with Crippen LogP contribution in [-0.2, 0) is 6.18 Å². The van der Waals surface area contributed by atoms with E-state index in [0.717, 1.165) is 25.1 Å². The molecule has 2 nitrogen and oxygen atoms in total. The molecule has 0 bridgehead atoms. The molecule has 2 rings (SSSR count). The highest BCUT2D eigenvalue weighted by Gasteiger charge is 2.30. The van der Waals surface area contributed by atoms with E-state index >= 15 is 0 Å². The van der Waals surface area contributed by atoms with Gasteiger partial charge in [-0.25, -0.2) is 0 Å². The fourth-order valence-electron chi connectivity index (χ4n) is 1.82. The monoisotopic (exact) mass is 255 g/mol. The average molecular weight is 255 g/mol. The van der Waals surface area contributed by atoms with Crippen LogP contribution in [0.4, 0.5) is 13.2 Å². The molecule has 0 aliphatic carbocycles. The summed E-state index contributed by atoms with van der Waals surface area (Å²) >= 11 is 0. The number of carbonyl (C=O) groups is 1. The van der Waals surface area contributed by atoms with Gasteiger partial charge in [0.2, 0.25) is 0 Å². The second-order valence-electron chi connectivity index (χ2n) is 4.13. The summed E-state index contributed by atoms with van der Waals surface area (Å²) in [4.78, 5) is 12.0. The number of benzene rings is 1. The van der Waals surface area contributed by atoms with E-state index in [9.17, 15) is 18.0 Å². The van der Waals surface area contributed by atoms with Crippen molar-refractivity contribution in [3.05, 3.63) is 47.2 Å². The third-order valence-corrected chi connectivity index (χ3v) is 2.81. The number of allylic oxidation sites excluding steroid dienone is 1. The van der Waals surface area contributed by atoms with Gasteiger partial charge in [0.05, 0.1) is 5.56 Å². The number of ketones is 1. The lowest BCUT2D eigenvalue weighted by atomic mass is 9.98. The van der Waals surface area contributed by atoms with Crippen LogP contribution >= 0.6 is 0 Å². The lowest BCUT2D eigenvalue weighted by molar-refractivity contribution is -0.137. The summed E-state index contributed by atoms with van der Waals surface area (Å²) in [5, 5.41) is 2.96. The van der Waals surface area contributed by atoms with E-state index in [1.54, 1.807) is 6.20 Å². The van der Waals surface area contributed by atoms with Gasteiger partial charge in [-0.2, -0.15) is 13.2 Å². The number of rotatable bonds is 2. The predicted octanol–water partition coefficient (Wildman–Crippen LogP) is 3.16. The minimum absolute atomic E-state index is 0.212. The zero-order valence-corrected chi connectivity index (χ0v) is 9.55. The van der Waals surface area contributed by atoms with Crippen LogP contribution in [0.1, 0.15) is 28.8 Å². The highest BCUT2D eigenvalue weighted by molar-refractivity contribution is 6.08. The van der Waals surface area contributed by atoms with Crippen molar-refractivity contribution in [1.29, 1.82) is 0 Å². The third kappa shape index (κ3) is 2.72. The summed E-state index contributed by atoms with van der Waals surface area (Å²) in [7, 11) is 0. The molecule has 96 valence electrons. The molecule has 0 fully saturated rings. The van der Waals surface area contributed by atoms with Gasteiger partial charge in [-0.3, -0.25) is 4.79 Å². The molecule has 0 saturated heterocycles. The maximum atomic E-state index is 12.4. The fraction of sp³-hybridized carbons (Fsp3) is 0.308. The average Bonchev–Trinajstić information content (AvgIpc) is 2.38. The molecule has 0 unspecified atom stereocenters. The van der Waals surface area contributed by atoms with Crippen LogP contribution in [0.25, 0.3) is 0 Å². The Labute approximate surface area is 102 Å². The topological polar surface area (TPSA) is 29.1 Å². The minimum Gasteiger partial charge on any atom is -0.391 e. The number of alkyl halides is 3. The molecule has 1 N–H and O–H groups in total. The van der Waals surface area contributed by atoms with Gasteiger partial charge in [0.25, 0.3) is 0 Å². The van der Waals surface area contributed by atoms with Crippen LogP contribution in [0.15, 0.2) is 36.0 Å². The van der Waals surface area contributed by atoms with Crippen molar-refractivity contribution in [2.45, 2.75) is 19.0 Å². The molecule has 1 aromatic carbocycles. The van der Waals surface area contributed by atoms with Crippen LogP contribution in [-0.4, -0.2) is 12.3 Å². The Hall–Kier alpha value is -1.78. The molecule has 0 saturated carbocycles. The molecule has 1 aliphatic heterocycles. The van der Waals surface area contributed by atoms with Gasteiger partial charge < -0.3 is 5.32 Å². The van der Waals surface area contributed by atoms with Gasteiger partial charge in [0.15, 0.2) is 5.78 Å². The second-order valence-corrected chi connectivity index (χ2v) is 4.13. The summed E-state index contributed by atoms with van der Waals surface area (Å²) < 4.78 is 37.1. The zero-order chi connectivity index (χ0) is 13.2. The van der Waals surface area contributed by atoms with Crippen LogP contribution in [0.3, 0.4) is 0 Å². The van der Waals surface area contributed by atoms with Crippen molar-refractivity contribution in [1.82, 2.24) is 5.32 Å². The number of Topliss-reactive ketones (excluding diaryl/α,β-unsaturated/α-hetero) is 1. The first-order valence-corrected chi connectivity index (χ1v) is 5.63. The van der Waals surface area contributed by atoms with Crippen LogP contribution in [0.5, 0.6) is 0 Å². The van der Waals surface area contributed by atoms with Crippen LogP contribution in [0, 0.1) is 0 Å². The Morgan fingerprint density at radius 1 is 1.17 bits per heavy atom. The maximum absolute atomic E-state index is 12.4. The van der Waals surface area contributed by atoms with E-state index in [2.05, 4.69) is 5.32 Å². The quantitative estimate of drug-likeness (QED) is 0.822. The van der Waals surface area contributed by atoms with Crippen molar-refractivity contribution in [2.24, 2.45) is 0 Å². The molecule has 1 aliphatic rings. The molecule has 0 spiro atoms. The van der Waals surface area contributed by atoms with Gasteiger partial charge in [0.1, 0.15) is 0 Å².